The van der Waals surface area contributed by atoms with Crippen LogP contribution < -0.4 is 0 Å². The van der Waals surface area contributed by atoms with Gasteiger partial charge in [0.2, 0.25) is 0 Å². The van der Waals surface area contributed by atoms with Crippen LogP contribution in [0.5, 0.6) is 0 Å². The fourth-order valence-electron chi connectivity index (χ4n) is 4.99. The standard InChI is InChI=1S/C39H72NO8P/c1-5-7-9-11-13-15-17-18-19-20-22-24-26-28-30-32-39(42)48-37(36-47-49(43,44)46-34-33-40(3)4)35-45-38(41)31-29-27-25-23-21-16-14-12-10-8-6-2/h7,9,13,15,18-19,37H,5-6,8,10-12,14,16-17,20-36H2,1-4H3,(H,43,44)/b9-7-,15-13-,19-18-. The summed E-state index contributed by atoms with van der Waals surface area (Å²) in [5.74, 6) is -0.824. The van der Waals surface area contributed by atoms with E-state index in [4.69, 9.17) is 18.5 Å². The van der Waals surface area contributed by atoms with Crippen LogP contribution in [0.15, 0.2) is 36.5 Å². The summed E-state index contributed by atoms with van der Waals surface area (Å²) < 4.78 is 33.3. The number of esters is 2. The Labute approximate surface area is 299 Å². The van der Waals surface area contributed by atoms with Crippen LogP contribution in [0.4, 0.5) is 0 Å². The molecule has 9 nitrogen and oxygen atoms in total. The quantitative estimate of drug-likeness (QED) is 0.0297. The summed E-state index contributed by atoms with van der Waals surface area (Å²) in [4.78, 5) is 36.8. The Kier molecular flexibility index (Phi) is 33.4. The van der Waals surface area contributed by atoms with Crippen LogP contribution in [-0.4, -0.2) is 68.3 Å². The van der Waals surface area contributed by atoms with Gasteiger partial charge in [0.05, 0.1) is 13.2 Å². The number of carbonyl (C=O) groups excluding carboxylic acids is 2. The van der Waals surface area contributed by atoms with Crippen LogP contribution in [0.2, 0.25) is 0 Å². The monoisotopic (exact) mass is 713 g/mol. The molecule has 0 radical (unpaired) electrons. The molecule has 0 saturated heterocycles. The van der Waals surface area contributed by atoms with Crippen molar-refractivity contribution in [3.63, 3.8) is 0 Å². The maximum atomic E-state index is 12.6. The zero-order valence-electron chi connectivity index (χ0n) is 31.6. The van der Waals surface area contributed by atoms with Gasteiger partial charge in [0, 0.05) is 19.4 Å². The predicted octanol–water partition coefficient (Wildman–Crippen LogP) is 10.4. The van der Waals surface area contributed by atoms with Gasteiger partial charge in [-0.3, -0.25) is 18.6 Å². The molecule has 286 valence electrons. The lowest BCUT2D eigenvalue weighted by Gasteiger charge is -2.20. The molecular formula is C39H72NO8P. The average Bonchev–Trinajstić information content (AvgIpc) is 3.06. The Hall–Kier alpha value is -1.77. The highest BCUT2D eigenvalue weighted by molar-refractivity contribution is 7.47. The Bertz CT molecular complexity index is 921. The van der Waals surface area contributed by atoms with Gasteiger partial charge in [-0.05, 0) is 59.0 Å². The number of allylic oxidation sites excluding steroid dienone is 6. The lowest BCUT2D eigenvalue weighted by atomic mass is 10.1. The molecule has 0 spiro atoms. The Morgan fingerprint density at radius 1 is 0.653 bits per heavy atom. The van der Waals surface area contributed by atoms with Gasteiger partial charge in [0.25, 0.3) is 0 Å². The van der Waals surface area contributed by atoms with Gasteiger partial charge in [-0.25, -0.2) is 4.57 Å². The van der Waals surface area contributed by atoms with Crippen LogP contribution in [0.25, 0.3) is 0 Å². The van der Waals surface area contributed by atoms with E-state index in [1.54, 1.807) is 0 Å². The Morgan fingerprint density at radius 2 is 1.16 bits per heavy atom. The second kappa shape index (κ2) is 34.7. The molecular weight excluding hydrogens is 641 g/mol. The largest absolute Gasteiger partial charge is 0.472 e. The summed E-state index contributed by atoms with van der Waals surface area (Å²) >= 11 is 0. The fourth-order valence-corrected chi connectivity index (χ4v) is 5.74. The maximum absolute atomic E-state index is 12.6. The van der Waals surface area contributed by atoms with Crippen molar-refractivity contribution in [2.75, 3.05) is 40.5 Å². The molecule has 10 heteroatoms. The van der Waals surface area contributed by atoms with Gasteiger partial charge >= 0.3 is 19.8 Å². The fraction of sp³-hybridized carbons (Fsp3) is 0.795. The molecule has 49 heavy (non-hydrogen) atoms. The summed E-state index contributed by atoms with van der Waals surface area (Å²) in [5.41, 5.74) is 0. The Morgan fingerprint density at radius 3 is 1.73 bits per heavy atom. The van der Waals surface area contributed by atoms with Crippen molar-refractivity contribution in [3.8, 4) is 0 Å². The number of rotatable bonds is 35. The minimum absolute atomic E-state index is 0.00398. The van der Waals surface area contributed by atoms with E-state index in [0.717, 1.165) is 70.6 Å². The molecule has 0 aromatic rings. The second-order valence-electron chi connectivity index (χ2n) is 13.1. The molecule has 2 atom stereocenters. The molecule has 0 aliphatic carbocycles. The summed E-state index contributed by atoms with van der Waals surface area (Å²) in [6.45, 7) is 4.17. The first kappa shape index (κ1) is 47.2. The van der Waals surface area contributed by atoms with E-state index in [1.165, 1.54) is 51.4 Å². The van der Waals surface area contributed by atoms with Crippen molar-refractivity contribution in [2.45, 2.75) is 161 Å². The van der Waals surface area contributed by atoms with Crippen molar-refractivity contribution in [1.82, 2.24) is 4.90 Å². The predicted molar refractivity (Wildman–Crippen MR) is 201 cm³/mol. The van der Waals surface area contributed by atoms with Crippen molar-refractivity contribution in [3.05, 3.63) is 36.5 Å². The lowest BCUT2D eigenvalue weighted by molar-refractivity contribution is -0.161. The Balaban J connectivity index is 4.39. The number of phosphoric ester groups is 1. The van der Waals surface area contributed by atoms with E-state index < -0.39 is 26.5 Å². The lowest BCUT2D eigenvalue weighted by Crippen LogP contribution is -2.29. The number of carbonyl (C=O) groups is 2. The van der Waals surface area contributed by atoms with Gasteiger partial charge in [0.1, 0.15) is 6.61 Å². The zero-order valence-corrected chi connectivity index (χ0v) is 32.5. The first-order chi connectivity index (χ1) is 23.7. The van der Waals surface area contributed by atoms with Crippen molar-refractivity contribution in [2.24, 2.45) is 0 Å². The third-order valence-corrected chi connectivity index (χ3v) is 8.95. The van der Waals surface area contributed by atoms with Crippen LogP contribution in [-0.2, 0) is 32.7 Å². The summed E-state index contributed by atoms with van der Waals surface area (Å²) in [6, 6.07) is 0. The van der Waals surface area contributed by atoms with E-state index in [1.807, 2.05) is 19.0 Å². The molecule has 2 unspecified atom stereocenters. The molecule has 0 aromatic carbocycles. The molecule has 0 rings (SSSR count). The summed E-state index contributed by atoms with van der Waals surface area (Å²) in [5, 5.41) is 0. The number of hydrogen-bond acceptors (Lipinski definition) is 8. The number of ether oxygens (including phenoxy) is 2. The third-order valence-electron chi connectivity index (χ3n) is 7.96. The number of hydrogen-bond donors (Lipinski definition) is 1. The van der Waals surface area contributed by atoms with Crippen LogP contribution >= 0.6 is 7.82 Å². The molecule has 0 aliphatic heterocycles. The molecule has 1 N–H and O–H groups in total. The van der Waals surface area contributed by atoms with Crippen molar-refractivity contribution >= 4 is 19.8 Å². The van der Waals surface area contributed by atoms with Gasteiger partial charge in [-0.15, -0.1) is 0 Å². The summed E-state index contributed by atoms with van der Waals surface area (Å²) in [6.07, 6.45) is 34.7. The van der Waals surface area contributed by atoms with Crippen LogP contribution in [0, 0.1) is 0 Å². The third kappa shape index (κ3) is 35.8. The van der Waals surface area contributed by atoms with E-state index in [0.29, 0.717) is 13.0 Å². The van der Waals surface area contributed by atoms with Gasteiger partial charge < -0.3 is 19.3 Å². The number of nitrogens with zero attached hydrogens (tertiary/aromatic N) is 1. The minimum Gasteiger partial charge on any atom is -0.462 e. The molecule has 0 bridgehead atoms. The topological polar surface area (TPSA) is 112 Å². The van der Waals surface area contributed by atoms with E-state index in [-0.39, 0.29) is 32.0 Å². The average molecular weight is 714 g/mol. The van der Waals surface area contributed by atoms with Gasteiger partial charge in [-0.1, -0.05) is 134 Å². The number of likely N-dealkylation sites (N-methyl/N-ethyl adjacent to an activating group) is 1. The van der Waals surface area contributed by atoms with Gasteiger partial charge in [0.15, 0.2) is 6.10 Å². The number of unbranched alkanes of at least 4 members (excludes halogenated alkanes) is 15. The molecule has 0 amide bonds. The smallest absolute Gasteiger partial charge is 0.462 e. The highest BCUT2D eigenvalue weighted by Crippen LogP contribution is 2.43. The van der Waals surface area contributed by atoms with Gasteiger partial charge in [-0.2, -0.15) is 0 Å². The molecule has 0 saturated carbocycles. The second-order valence-corrected chi connectivity index (χ2v) is 14.5. The first-order valence-electron chi connectivity index (χ1n) is 19.3. The molecule has 0 heterocycles. The first-order valence-corrected chi connectivity index (χ1v) is 20.8. The van der Waals surface area contributed by atoms with E-state index in [2.05, 4.69) is 50.3 Å². The van der Waals surface area contributed by atoms with Crippen molar-refractivity contribution in [1.29, 1.82) is 0 Å². The van der Waals surface area contributed by atoms with Crippen molar-refractivity contribution < 1.29 is 37.6 Å². The number of phosphoric acid groups is 1. The van der Waals surface area contributed by atoms with E-state index >= 15 is 0 Å². The summed E-state index contributed by atoms with van der Waals surface area (Å²) in [7, 11) is -0.720. The van der Waals surface area contributed by atoms with Crippen LogP contribution in [0.3, 0.4) is 0 Å². The maximum Gasteiger partial charge on any atom is 0.472 e. The minimum atomic E-state index is -4.36. The molecule has 0 fully saturated rings. The highest BCUT2D eigenvalue weighted by atomic mass is 31.2. The highest BCUT2D eigenvalue weighted by Gasteiger charge is 2.26. The normalized spacial score (nSPS) is 13.9. The van der Waals surface area contributed by atoms with Crippen LogP contribution in [0.1, 0.15) is 155 Å². The zero-order chi connectivity index (χ0) is 36.3. The van der Waals surface area contributed by atoms with E-state index in [9.17, 15) is 19.0 Å². The molecule has 0 aliphatic rings. The SMILES string of the molecule is CC/C=C\C/C=C\C/C=C\CCCCCCCC(=O)OC(COC(=O)CCCCCCCCCCCCC)COP(=O)(O)OCCN(C)C. The molecule has 0 aromatic heterocycles.